The molecule has 5 aliphatic rings. The van der Waals surface area contributed by atoms with Crippen LogP contribution < -0.4 is 10.5 Å². The first-order chi connectivity index (χ1) is 12.9. The number of likely N-dealkylation sites (N-methyl/N-ethyl adjacent to an activating group) is 1. The highest BCUT2D eigenvalue weighted by molar-refractivity contribution is 5.97. The quantitative estimate of drug-likeness (QED) is 0.737. The maximum absolute atomic E-state index is 12.1. The number of carbonyl (C=O) groups excluding carboxylic acids is 1. The number of rotatable bonds is 1. The van der Waals surface area contributed by atoms with Gasteiger partial charge in [0.15, 0.2) is 6.10 Å². The van der Waals surface area contributed by atoms with Gasteiger partial charge in [-0.2, -0.15) is 0 Å². The number of amides is 1. The number of nitrogens with zero attached hydrogens (tertiary/aromatic N) is 1. The van der Waals surface area contributed by atoms with E-state index in [1.807, 2.05) is 6.07 Å². The largest absolute Gasteiger partial charge is 0.483 e. The second-order valence-electron chi connectivity index (χ2n) is 8.69. The molecule has 3 N–H and O–H groups in total. The lowest BCUT2D eigenvalue weighted by atomic mass is 9.48. The summed E-state index contributed by atoms with van der Waals surface area (Å²) in [6.07, 6.45) is 2.16. The van der Waals surface area contributed by atoms with Gasteiger partial charge < -0.3 is 30.0 Å². The number of likely N-dealkylation sites (tertiary alicyclic amines) is 1. The third-order valence-electron chi connectivity index (χ3n) is 7.80. The summed E-state index contributed by atoms with van der Waals surface area (Å²) in [6, 6.07) is 3.75. The fourth-order valence-corrected chi connectivity index (χ4v) is 6.69. The molecule has 4 unspecified atom stereocenters. The summed E-state index contributed by atoms with van der Waals surface area (Å²) in [5, 5.41) is 12.1. The summed E-state index contributed by atoms with van der Waals surface area (Å²) in [7, 11) is 2.08. The topological polar surface area (TPSA) is 94.3 Å². The van der Waals surface area contributed by atoms with Gasteiger partial charge >= 0.3 is 0 Å². The number of primary amides is 1. The van der Waals surface area contributed by atoms with E-state index in [1.54, 1.807) is 6.07 Å². The van der Waals surface area contributed by atoms with Crippen LogP contribution in [0.4, 0.5) is 0 Å². The monoisotopic (exact) mass is 372 g/mol. The molecule has 2 bridgehead atoms. The third kappa shape index (κ3) is 1.63. The highest BCUT2D eigenvalue weighted by Gasteiger charge is 2.77. The van der Waals surface area contributed by atoms with Crippen molar-refractivity contribution in [3.8, 4) is 5.75 Å². The molecular formula is C20H24N2O5. The Kier molecular flexibility index (Phi) is 2.92. The minimum atomic E-state index is -0.945. The molecule has 1 aromatic carbocycles. The fourth-order valence-electron chi connectivity index (χ4n) is 6.69. The van der Waals surface area contributed by atoms with Crippen molar-refractivity contribution in [2.45, 2.75) is 54.6 Å². The van der Waals surface area contributed by atoms with E-state index >= 15 is 0 Å². The lowest BCUT2D eigenvalue weighted by Crippen LogP contribution is -2.79. The summed E-state index contributed by atoms with van der Waals surface area (Å²) < 4.78 is 18.7. The number of fused-ring (bicyclic) bond motifs is 1. The van der Waals surface area contributed by atoms with Gasteiger partial charge in [0.05, 0.1) is 29.8 Å². The molecule has 1 aromatic rings. The molecule has 27 heavy (non-hydrogen) atoms. The zero-order valence-electron chi connectivity index (χ0n) is 15.4. The van der Waals surface area contributed by atoms with Gasteiger partial charge in [-0.3, -0.25) is 4.79 Å². The lowest BCUT2D eigenvalue weighted by Gasteiger charge is -2.64. The summed E-state index contributed by atoms with van der Waals surface area (Å²) in [6.45, 7) is 1.88. The molecule has 2 spiro atoms. The highest BCUT2D eigenvalue weighted by Crippen LogP contribution is 2.67. The standard InChI is InChI=1S/C20H24N2O5/c1-22-7-6-18-14-11-2-3-12(16(21)23)15(14)27-17(18)20(25-8-9-26-20)5-4-19(18,24)13(22)10-11/h2-3,13,17,24H,4-10H2,1H3,(H2,21,23). The average molecular weight is 372 g/mol. The van der Waals surface area contributed by atoms with Crippen molar-refractivity contribution in [1.29, 1.82) is 0 Å². The molecular weight excluding hydrogens is 348 g/mol. The molecule has 144 valence electrons. The van der Waals surface area contributed by atoms with Crippen LogP contribution in [0.25, 0.3) is 0 Å². The number of ether oxygens (including phenoxy) is 3. The minimum Gasteiger partial charge on any atom is -0.483 e. The Bertz CT molecular complexity index is 866. The highest BCUT2D eigenvalue weighted by atomic mass is 16.8. The maximum Gasteiger partial charge on any atom is 0.252 e. The molecule has 3 fully saturated rings. The second kappa shape index (κ2) is 4.84. The minimum absolute atomic E-state index is 0.00832. The zero-order valence-corrected chi connectivity index (χ0v) is 15.4. The van der Waals surface area contributed by atoms with Crippen LogP contribution in [-0.2, 0) is 21.3 Å². The molecule has 4 atom stereocenters. The number of piperidine rings is 1. The lowest BCUT2D eigenvalue weighted by molar-refractivity contribution is -0.295. The second-order valence-corrected chi connectivity index (χ2v) is 8.69. The Hall–Kier alpha value is -1.67. The van der Waals surface area contributed by atoms with Gasteiger partial charge in [0.1, 0.15) is 5.75 Å². The van der Waals surface area contributed by atoms with Crippen molar-refractivity contribution in [2.75, 3.05) is 26.8 Å². The van der Waals surface area contributed by atoms with E-state index in [0.717, 1.165) is 30.5 Å². The Morgan fingerprint density at radius 1 is 1.26 bits per heavy atom. The maximum atomic E-state index is 12.1. The van der Waals surface area contributed by atoms with Gasteiger partial charge in [-0.25, -0.2) is 0 Å². The Morgan fingerprint density at radius 2 is 2.04 bits per heavy atom. The number of benzene rings is 1. The van der Waals surface area contributed by atoms with Crippen LogP contribution in [0.15, 0.2) is 12.1 Å². The molecule has 0 aromatic heterocycles. The first kappa shape index (κ1) is 16.3. The predicted octanol–water partition coefficient (Wildman–Crippen LogP) is 0.312. The predicted molar refractivity (Wildman–Crippen MR) is 94.6 cm³/mol. The smallest absolute Gasteiger partial charge is 0.252 e. The molecule has 6 rings (SSSR count). The van der Waals surface area contributed by atoms with Crippen LogP contribution in [0.5, 0.6) is 5.75 Å². The van der Waals surface area contributed by atoms with Crippen LogP contribution >= 0.6 is 0 Å². The van der Waals surface area contributed by atoms with E-state index in [2.05, 4.69) is 11.9 Å². The van der Waals surface area contributed by atoms with Gasteiger partial charge in [0, 0.05) is 18.0 Å². The summed E-state index contributed by atoms with van der Waals surface area (Å²) in [5.41, 5.74) is 6.55. The van der Waals surface area contributed by atoms with Crippen molar-refractivity contribution in [1.82, 2.24) is 4.90 Å². The van der Waals surface area contributed by atoms with Gasteiger partial charge in [0.25, 0.3) is 5.91 Å². The van der Waals surface area contributed by atoms with E-state index in [1.165, 1.54) is 0 Å². The number of nitrogens with two attached hydrogens (primary N) is 1. The normalized spacial score (nSPS) is 40.7. The van der Waals surface area contributed by atoms with Crippen LogP contribution in [-0.4, -0.2) is 66.3 Å². The molecule has 0 radical (unpaired) electrons. The average Bonchev–Trinajstić information content (AvgIpc) is 3.24. The van der Waals surface area contributed by atoms with E-state index in [-0.39, 0.29) is 6.04 Å². The molecule has 7 nitrogen and oxygen atoms in total. The number of hydrogen-bond donors (Lipinski definition) is 2. The number of carbonyl (C=O) groups is 1. The molecule has 3 heterocycles. The van der Waals surface area contributed by atoms with Crippen molar-refractivity contribution in [2.24, 2.45) is 5.73 Å². The molecule has 1 saturated carbocycles. The summed E-state index contributed by atoms with van der Waals surface area (Å²) >= 11 is 0. The zero-order chi connectivity index (χ0) is 18.6. The Morgan fingerprint density at radius 3 is 2.78 bits per heavy atom. The number of hydrogen-bond acceptors (Lipinski definition) is 6. The van der Waals surface area contributed by atoms with E-state index in [9.17, 15) is 9.90 Å². The van der Waals surface area contributed by atoms with Crippen LogP contribution in [0.2, 0.25) is 0 Å². The van der Waals surface area contributed by atoms with Crippen LogP contribution in [0.3, 0.4) is 0 Å². The Labute approximate surface area is 157 Å². The molecule has 2 saturated heterocycles. The first-order valence-electron chi connectivity index (χ1n) is 9.76. The summed E-state index contributed by atoms with van der Waals surface area (Å²) in [4.78, 5) is 14.4. The SMILES string of the molecule is CN1CCC23c4c5ccc(C(N)=O)c4OC2C2(CCC3(O)C1C5)OCCO2. The van der Waals surface area contributed by atoms with Gasteiger partial charge in [-0.15, -0.1) is 0 Å². The molecule has 7 heteroatoms. The van der Waals surface area contributed by atoms with Crippen LogP contribution in [0.1, 0.15) is 40.7 Å². The third-order valence-corrected chi connectivity index (χ3v) is 7.80. The van der Waals surface area contributed by atoms with Gasteiger partial charge in [0.2, 0.25) is 5.79 Å². The molecule has 3 aliphatic heterocycles. The Balaban J connectivity index is 1.67. The molecule has 1 amide bonds. The van der Waals surface area contributed by atoms with Crippen LogP contribution in [0, 0.1) is 0 Å². The van der Waals surface area contributed by atoms with E-state index in [0.29, 0.717) is 37.4 Å². The fraction of sp³-hybridized carbons (Fsp3) is 0.650. The van der Waals surface area contributed by atoms with Gasteiger partial charge in [-0.1, -0.05) is 6.07 Å². The van der Waals surface area contributed by atoms with E-state index < -0.39 is 28.8 Å². The van der Waals surface area contributed by atoms with Crippen molar-refractivity contribution >= 4 is 5.91 Å². The van der Waals surface area contributed by atoms with Crippen molar-refractivity contribution in [3.63, 3.8) is 0 Å². The first-order valence-corrected chi connectivity index (χ1v) is 9.76. The van der Waals surface area contributed by atoms with Crippen molar-refractivity contribution < 1.29 is 24.1 Å². The number of aliphatic hydroxyl groups is 1. The van der Waals surface area contributed by atoms with Gasteiger partial charge in [-0.05, 0) is 44.5 Å². The van der Waals surface area contributed by atoms with Crippen molar-refractivity contribution in [3.05, 3.63) is 28.8 Å². The van der Waals surface area contributed by atoms with E-state index in [4.69, 9.17) is 19.9 Å². The molecule has 2 aliphatic carbocycles. The summed E-state index contributed by atoms with van der Waals surface area (Å²) in [5.74, 6) is -0.842.